The lowest BCUT2D eigenvalue weighted by Crippen LogP contribution is -2.07. The standard InChI is InChI=1S/C16H20O3/c1-3-19-16(18)15-10-14(15)13-6-4-5-12(9-13)11(2)7-8-17/h4-7,9,14-15,17H,3,8,10H2,1-2H3/b11-7+. The van der Waals surface area contributed by atoms with Crippen molar-refractivity contribution in [3.8, 4) is 0 Å². The summed E-state index contributed by atoms with van der Waals surface area (Å²) in [7, 11) is 0. The molecule has 3 nitrogen and oxygen atoms in total. The summed E-state index contributed by atoms with van der Waals surface area (Å²) in [6.45, 7) is 4.30. The molecule has 0 spiro atoms. The van der Waals surface area contributed by atoms with E-state index in [0.717, 1.165) is 17.6 Å². The third-order valence-electron chi connectivity index (χ3n) is 3.55. The number of benzene rings is 1. The summed E-state index contributed by atoms with van der Waals surface area (Å²) in [6.07, 6.45) is 2.67. The number of esters is 1. The highest BCUT2D eigenvalue weighted by atomic mass is 16.5. The van der Waals surface area contributed by atoms with Gasteiger partial charge in [0.25, 0.3) is 0 Å². The number of allylic oxidation sites excluding steroid dienone is 1. The first-order valence-electron chi connectivity index (χ1n) is 6.72. The Morgan fingerprint density at radius 2 is 2.32 bits per heavy atom. The molecule has 1 N–H and O–H groups in total. The Hall–Kier alpha value is -1.61. The van der Waals surface area contributed by atoms with Crippen LogP contribution in [0, 0.1) is 5.92 Å². The fraction of sp³-hybridized carbons (Fsp3) is 0.438. The molecule has 1 fully saturated rings. The predicted molar refractivity (Wildman–Crippen MR) is 74.7 cm³/mol. The van der Waals surface area contributed by atoms with E-state index < -0.39 is 0 Å². The first kappa shape index (κ1) is 13.8. The number of hydrogen-bond donors (Lipinski definition) is 1. The molecule has 0 amide bonds. The van der Waals surface area contributed by atoms with Gasteiger partial charge in [-0.15, -0.1) is 0 Å². The van der Waals surface area contributed by atoms with Crippen molar-refractivity contribution in [1.82, 2.24) is 0 Å². The summed E-state index contributed by atoms with van der Waals surface area (Å²) in [5.41, 5.74) is 3.33. The van der Waals surface area contributed by atoms with Gasteiger partial charge in [0.2, 0.25) is 0 Å². The smallest absolute Gasteiger partial charge is 0.309 e. The molecular formula is C16H20O3. The number of carbonyl (C=O) groups excluding carboxylic acids is 1. The third kappa shape index (κ3) is 3.24. The zero-order chi connectivity index (χ0) is 13.8. The summed E-state index contributed by atoms with van der Waals surface area (Å²) in [4.78, 5) is 11.6. The number of rotatable bonds is 5. The Bertz CT molecular complexity index is 491. The van der Waals surface area contributed by atoms with Crippen LogP contribution >= 0.6 is 0 Å². The van der Waals surface area contributed by atoms with E-state index in [4.69, 9.17) is 9.84 Å². The summed E-state index contributed by atoms with van der Waals surface area (Å²) in [5, 5.41) is 8.93. The van der Waals surface area contributed by atoms with E-state index in [1.165, 1.54) is 5.56 Å². The van der Waals surface area contributed by atoms with E-state index in [2.05, 4.69) is 12.1 Å². The first-order chi connectivity index (χ1) is 9.17. The van der Waals surface area contributed by atoms with Crippen LogP contribution < -0.4 is 0 Å². The second kappa shape index (κ2) is 6.02. The van der Waals surface area contributed by atoms with Crippen LogP contribution in [0.15, 0.2) is 30.3 Å². The van der Waals surface area contributed by atoms with Crippen molar-refractivity contribution >= 4 is 11.5 Å². The molecule has 1 aliphatic carbocycles. The van der Waals surface area contributed by atoms with Crippen LogP contribution in [0.2, 0.25) is 0 Å². The minimum absolute atomic E-state index is 0.0253. The van der Waals surface area contributed by atoms with E-state index in [0.29, 0.717) is 12.5 Å². The number of carbonyl (C=O) groups is 1. The maximum Gasteiger partial charge on any atom is 0.309 e. The highest BCUT2D eigenvalue weighted by Gasteiger charge is 2.45. The Morgan fingerprint density at radius 1 is 1.53 bits per heavy atom. The molecule has 1 aromatic rings. The molecule has 1 saturated carbocycles. The normalized spacial score (nSPS) is 22.2. The van der Waals surface area contributed by atoms with Crippen LogP contribution in [-0.4, -0.2) is 24.3 Å². The van der Waals surface area contributed by atoms with E-state index in [9.17, 15) is 4.79 Å². The zero-order valence-electron chi connectivity index (χ0n) is 11.4. The van der Waals surface area contributed by atoms with Crippen molar-refractivity contribution in [3.05, 3.63) is 41.5 Å². The van der Waals surface area contributed by atoms with Crippen molar-refractivity contribution < 1.29 is 14.6 Å². The first-order valence-corrected chi connectivity index (χ1v) is 6.72. The molecule has 0 saturated heterocycles. The molecular weight excluding hydrogens is 240 g/mol. The van der Waals surface area contributed by atoms with Crippen LogP contribution in [0.4, 0.5) is 0 Å². The lowest BCUT2D eigenvalue weighted by atomic mass is 10.0. The molecule has 2 atom stereocenters. The van der Waals surface area contributed by atoms with Crippen molar-refractivity contribution in [2.75, 3.05) is 13.2 Å². The lowest BCUT2D eigenvalue weighted by Gasteiger charge is -2.06. The predicted octanol–water partition coefficient (Wildman–Crippen LogP) is 2.75. The molecule has 2 rings (SSSR count). The summed E-state index contributed by atoms with van der Waals surface area (Å²) < 4.78 is 5.05. The Labute approximate surface area is 113 Å². The second-order valence-corrected chi connectivity index (χ2v) is 4.90. The Kier molecular flexibility index (Phi) is 4.38. The van der Waals surface area contributed by atoms with E-state index in [1.54, 1.807) is 6.08 Å². The highest BCUT2D eigenvalue weighted by molar-refractivity contribution is 5.77. The van der Waals surface area contributed by atoms with Crippen LogP contribution in [0.5, 0.6) is 0 Å². The second-order valence-electron chi connectivity index (χ2n) is 4.90. The van der Waals surface area contributed by atoms with Gasteiger partial charge in [-0.1, -0.05) is 30.3 Å². The number of aliphatic hydroxyl groups is 1. The van der Waals surface area contributed by atoms with Gasteiger partial charge >= 0.3 is 5.97 Å². The third-order valence-corrected chi connectivity index (χ3v) is 3.55. The van der Waals surface area contributed by atoms with Crippen LogP contribution in [0.3, 0.4) is 0 Å². The monoisotopic (exact) mass is 260 g/mol. The number of hydrogen-bond acceptors (Lipinski definition) is 3. The molecule has 102 valence electrons. The van der Waals surface area contributed by atoms with Crippen molar-refractivity contribution in [2.45, 2.75) is 26.2 Å². The molecule has 3 heteroatoms. The van der Waals surface area contributed by atoms with E-state index in [1.807, 2.05) is 26.0 Å². The quantitative estimate of drug-likeness (QED) is 0.828. The van der Waals surface area contributed by atoms with Crippen molar-refractivity contribution in [1.29, 1.82) is 0 Å². The van der Waals surface area contributed by atoms with Gasteiger partial charge in [-0.3, -0.25) is 4.79 Å². The van der Waals surface area contributed by atoms with Gasteiger partial charge in [-0.05, 0) is 42.9 Å². The minimum Gasteiger partial charge on any atom is -0.466 e. The van der Waals surface area contributed by atoms with Gasteiger partial charge in [0.15, 0.2) is 0 Å². The summed E-state index contributed by atoms with van der Waals surface area (Å²) >= 11 is 0. The molecule has 2 unspecified atom stereocenters. The Balaban J connectivity index is 2.09. The summed E-state index contributed by atoms with van der Waals surface area (Å²) in [5.74, 6) is 0.235. The van der Waals surface area contributed by atoms with Gasteiger partial charge in [0.05, 0.1) is 19.1 Å². The Morgan fingerprint density at radius 3 is 3.00 bits per heavy atom. The van der Waals surface area contributed by atoms with Crippen molar-refractivity contribution in [3.63, 3.8) is 0 Å². The topological polar surface area (TPSA) is 46.5 Å². The zero-order valence-corrected chi connectivity index (χ0v) is 11.4. The highest BCUT2D eigenvalue weighted by Crippen LogP contribution is 2.48. The van der Waals surface area contributed by atoms with Gasteiger partial charge in [-0.25, -0.2) is 0 Å². The SMILES string of the molecule is CCOC(=O)C1CC1c1cccc(/C(C)=C/CO)c1. The van der Waals surface area contributed by atoms with Gasteiger partial charge in [0.1, 0.15) is 0 Å². The number of ether oxygens (including phenoxy) is 1. The molecule has 0 aromatic heterocycles. The van der Waals surface area contributed by atoms with Crippen LogP contribution in [0.1, 0.15) is 37.3 Å². The number of aliphatic hydroxyl groups excluding tert-OH is 1. The van der Waals surface area contributed by atoms with Crippen LogP contribution in [0.25, 0.3) is 5.57 Å². The van der Waals surface area contributed by atoms with Gasteiger partial charge < -0.3 is 9.84 Å². The molecule has 19 heavy (non-hydrogen) atoms. The molecule has 1 aromatic carbocycles. The van der Waals surface area contributed by atoms with E-state index >= 15 is 0 Å². The van der Waals surface area contributed by atoms with E-state index in [-0.39, 0.29) is 18.5 Å². The molecule has 0 bridgehead atoms. The molecule has 0 radical (unpaired) electrons. The largest absolute Gasteiger partial charge is 0.466 e. The average molecular weight is 260 g/mol. The fourth-order valence-electron chi connectivity index (χ4n) is 2.34. The maximum atomic E-state index is 11.6. The molecule has 0 aliphatic heterocycles. The lowest BCUT2D eigenvalue weighted by molar-refractivity contribution is -0.144. The van der Waals surface area contributed by atoms with Gasteiger partial charge in [-0.2, -0.15) is 0 Å². The maximum absolute atomic E-state index is 11.6. The summed E-state index contributed by atoms with van der Waals surface area (Å²) in [6, 6.07) is 8.18. The van der Waals surface area contributed by atoms with Crippen LogP contribution in [-0.2, 0) is 9.53 Å². The van der Waals surface area contributed by atoms with Crippen molar-refractivity contribution in [2.24, 2.45) is 5.92 Å². The minimum atomic E-state index is -0.0828. The molecule has 1 aliphatic rings. The van der Waals surface area contributed by atoms with Gasteiger partial charge in [0, 0.05) is 0 Å². The fourth-order valence-corrected chi connectivity index (χ4v) is 2.34. The molecule has 0 heterocycles. The average Bonchev–Trinajstić information content (AvgIpc) is 3.20.